The Bertz CT molecular complexity index is 612. The van der Waals surface area contributed by atoms with Gasteiger partial charge >= 0.3 is 0 Å². The summed E-state index contributed by atoms with van der Waals surface area (Å²) in [5.74, 6) is -0.454. The Morgan fingerprint density at radius 3 is 2.55 bits per heavy atom. The highest BCUT2D eigenvalue weighted by atomic mass is 19.1. The van der Waals surface area contributed by atoms with E-state index in [9.17, 15) is 9.18 Å². The van der Waals surface area contributed by atoms with Gasteiger partial charge in [-0.1, -0.05) is 0 Å². The summed E-state index contributed by atoms with van der Waals surface area (Å²) in [6, 6.07) is 10.8. The standard InChI is InChI=1S/C15H15FN2O2/c1-2-20-12-6-4-11(5-7-12)18-15(19)13-8-3-10(17)9-14(13)16/h3-9H,2,17H2,1H3,(H,18,19). The fourth-order valence-electron chi connectivity index (χ4n) is 1.72. The zero-order chi connectivity index (χ0) is 14.5. The summed E-state index contributed by atoms with van der Waals surface area (Å²) in [5, 5.41) is 2.61. The monoisotopic (exact) mass is 274 g/mol. The number of benzene rings is 2. The Labute approximate surface area is 116 Å². The summed E-state index contributed by atoms with van der Waals surface area (Å²) in [4.78, 5) is 11.9. The molecule has 2 rings (SSSR count). The molecule has 0 fully saturated rings. The quantitative estimate of drug-likeness (QED) is 0.842. The van der Waals surface area contributed by atoms with Crippen molar-refractivity contribution in [1.29, 1.82) is 0 Å². The van der Waals surface area contributed by atoms with E-state index in [1.807, 2.05) is 6.92 Å². The van der Waals surface area contributed by atoms with E-state index in [-0.39, 0.29) is 11.3 Å². The van der Waals surface area contributed by atoms with Crippen LogP contribution in [-0.4, -0.2) is 12.5 Å². The summed E-state index contributed by atoms with van der Waals surface area (Å²) in [6.07, 6.45) is 0. The zero-order valence-electron chi connectivity index (χ0n) is 11.0. The van der Waals surface area contributed by atoms with E-state index in [0.717, 1.165) is 6.07 Å². The molecule has 0 aliphatic rings. The van der Waals surface area contributed by atoms with Crippen LogP contribution in [0.2, 0.25) is 0 Å². The molecule has 3 N–H and O–H groups in total. The highest BCUT2D eigenvalue weighted by Crippen LogP contribution is 2.18. The third-order valence-corrected chi connectivity index (χ3v) is 2.66. The van der Waals surface area contributed by atoms with E-state index in [2.05, 4.69) is 5.32 Å². The normalized spacial score (nSPS) is 10.1. The van der Waals surface area contributed by atoms with Crippen LogP contribution in [0.3, 0.4) is 0 Å². The highest BCUT2D eigenvalue weighted by molar-refractivity contribution is 6.04. The molecule has 0 saturated carbocycles. The summed E-state index contributed by atoms with van der Waals surface area (Å²) in [5.41, 5.74) is 6.23. The van der Waals surface area contributed by atoms with Crippen LogP contribution in [0.25, 0.3) is 0 Å². The maximum Gasteiger partial charge on any atom is 0.258 e. The van der Waals surface area contributed by atoms with Gasteiger partial charge in [0.25, 0.3) is 5.91 Å². The van der Waals surface area contributed by atoms with Crippen molar-refractivity contribution in [3.05, 3.63) is 53.8 Å². The van der Waals surface area contributed by atoms with Crippen LogP contribution in [0, 0.1) is 5.82 Å². The number of anilines is 2. The molecule has 1 amide bonds. The van der Waals surface area contributed by atoms with Crippen LogP contribution >= 0.6 is 0 Å². The van der Waals surface area contributed by atoms with E-state index in [0.29, 0.717) is 18.0 Å². The first kappa shape index (κ1) is 13.9. The molecule has 0 heterocycles. The smallest absolute Gasteiger partial charge is 0.258 e. The number of nitrogens with two attached hydrogens (primary N) is 1. The Morgan fingerprint density at radius 2 is 1.95 bits per heavy atom. The van der Waals surface area contributed by atoms with Gasteiger partial charge < -0.3 is 15.8 Å². The average molecular weight is 274 g/mol. The fourth-order valence-corrected chi connectivity index (χ4v) is 1.72. The number of hydrogen-bond donors (Lipinski definition) is 2. The molecular formula is C15H15FN2O2. The van der Waals surface area contributed by atoms with Crippen molar-refractivity contribution in [2.24, 2.45) is 0 Å². The van der Waals surface area contributed by atoms with E-state index in [1.165, 1.54) is 12.1 Å². The molecule has 2 aromatic rings. The lowest BCUT2D eigenvalue weighted by atomic mass is 10.1. The molecule has 20 heavy (non-hydrogen) atoms. The third kappa shape index (κ3) is 3.26. The number of carbonyl (C=O) groups is 1. The minimum absolute atomic E-state index is 0.0481. The number of carbonyl (C=O) groups excluding carboxylic acids is 1. The Hall–Kier alpha value is -2.56. The Morgan fingerprint density at radius 1 is 1.25 bits per heavy atom. The molecule has 0 atom stereocenters. The number of ether oxygens (including phenoxy) is 1. The topological polar surface area (TPSA) is 64.3 Å². The van der Waals surface area contributed by atoms with Gasteiger partial charge in [0.2, 0.25) is 0 Å². The Balaban J connectivity index is 2.11. The van der Waals surface area contributed by atoms with E-state index < -0.39 is 11.7 Å². The molecule has 0 saturated heterocycles. The minimum Gasteiger partial charge on any atom is -0.494 e. The molecule has 0 spiro atoms. The van der Waals surface area contributed by atoms with Gasteiger partial charge in [-0.25, -0.2) is 4.39 Å². The lowest BCUT2D eigenvalue weighted by Crippen LogP contribution is -2.13. The van der Waals surface area contributed by atoms with Gasteiger partial charge in [0, 0.05) is 11.4 Å². The molecule has 0 aliphatic carbocycles. The van der Waals surface area contributed by atoms with Crippen LogP contribution in [0.4, 0.5) is 15.8 Å². The maximum atomic E-state index is 13.6. The van der Waals surface area contributed by atoms with Gasteiger partial charge in [-0.3, -0.25) is 4.79 Å². The average Bonchev–Trinajstić information content (AvgIpc) is 2.41. The number of amides is 1. The van der Waals surface area contributed by atoms with Crippen molar-refractivity contribution < 1.29 is 13.9 Å². The second-order valence-electron chi connectivity index (χ2n) is 4.15. The predicted molar refractivity (Wildman–Crippen MR) is 76.4 cm³/mol. The number of halogens is 1. The van der Waals surface area contributed by atoms with Crippen LogP contribution in [0.1, 0.15) is 17.3 Å². The maximum absolute atomic E-state index is 13.6. The zero-order valence-corrected chi connectivity index (χ0v) is 11.0. The number of nitrogens with one attached hydrogen (secondary N) is 1. The van der Waals surface area contributed by atoms with Gasteiger partial charge in [0.1, 0.15) is 11.6 Å². The van der Waals surface area contributed by atoms with E-state index >= 15 is 0 Å². The largest absolute Gasteiger partial charge is 0.494 e. The first-order valence-electron chi connectivity index (χ1n) is 6.19. The van der Waals surface area contributed by atoms with Crippen LogP contribution in [-0.2, 0) is 0 Å². The molecule has 0 unspecified atom stereocenters. The SMILES string of the molecule is CCOc1ccc(NC(=O)c2ccc(N)cc2F)cc1. The second kappa shape index (κ2) is 6.06. The molecule has 0 radical (unpaired) electrons. The molecule has 4 nitrogen and oxygen atoms in total. The third-order valence-electron chi connectivity index (χ3n) is 2.66. The number of rotatable bonds is 4. The molecule has 2 aromatic carbocycles. The van der Waals surface area contributed by atoms with Gasteiger partial charge in [-0.05, 0) is 49.4 Å². The second-order valence-corrected chi connectivity index (χ2v) is 4.15. The number of hydrogen-bond acceptors (Lipinski definition) is 3. The molecule has 0 aliphatic heterocycles. The van der Waals surface area contributed by atoms with Crippen molar-refractivity contribution in [2.45, 2.75) is 6.92 Å². The summed E-state index contributed by atoms with van der Waals surface area (Å²) in [6.45, 7) is 2.46. The van der Waals surface area contributed by atoms with Gasteiger partial charge in [0.05, 0.1) is 12.2 Å². The first-order chi connectivity index (χ1) is 9.60. The molecule has 104 valence electrons. The lowest BCUT2D eigenvalue weighted by molar-refractivity contribution is 0.102. The van der Waals surface area contributed by atoms with Crippen molar-refractivity contribution >= 4 is 17.3 Å². The number of nitrogen functional groups attached to an aromatic ring is 1. The van der Waals surface area contributed by atoms with Crippen LogP contribution in [0.5, 0.6) is 5.75 Å². The van der Waals surface area contributed by atoms with E-state index in [4.69, 9.17) is 10.5 Å². The van der Waals surface area contributed by atoms with Crippen LogP contribution < -0.4 is 15.8 Å². The summed E-state index contributed by atoms with van der Waals surface area (Å²) < 4.78 is 18.9. The van der Waals surface area contributed by atoms with E-state index in [1.54, 1.807) is 24.3 Å². The molecule has 0 bridgehead atoms. The predicted octanol–water partition coefficient (Wildman–Crippen LogP) is 3.06. The van der Waals surface area contributed by atoms with Crippen molar-refractivity contribution in [3.8, 4) is 5.75 Å². The first-order valence-corrected chi connectivity index (χ1v) is 6.19. The van der Waals surface area contributed by atoms with Crippen molar-refractivity contribution in [1.82, 2.24) is 0 Å². The highest BCUT2D eigenvalue weighted by Gasteiger charge is 2.11. The molecule has 5 heteroatoms. The van der Waals surface area contributed by atoms with Gasteiger partial charge in [0.15, 0.2) is 0 Å². The van der Waals surface area contributed by atoms with Crippen molar-refractivity contribution in [2.75, 3.05) is 17.7 Å². The Kier molecular flexibility index (Phi) is 4.20. The fraction of sp³-hybridized carbons (Fsp3) is 0.133. The summed E-state index contributed by atoms with van der Waals surface area (Å²) >= 11 is 0. The lowest BCUT2D eigenvalue weighted by Gasteiger charge is -2.08. The van der Waals surface area contributed by atoms with Gasteiger partial charge in [-0.2, -0.15) is 0 Å². The molecule has 0 aromatic heterocycles. The minimum atomic E-state index is -0.645. The van der Waals surface area contributed by atoms with Crippen LogP contribution in [0.15, 0.2) is 42.5 Å². The molecular weight excluding hydrogens is 259 g/mol. The van der Waals surface area contributed by atoms with Crippen molar-refractivity contribution in [3.63, 3.8) is 0 Å². The summed E-state index contributed by atoms with van der Waals surface area (Å²) in [7, 11) is 0. The van der Waals surface area contributed by atoms with Gasteiger partial charge in [-0.15, -0.1) is 0 Å².